The zero-order valence-corrected chi connectivity index (χ0v) is 15.3. The Morgan fingerprint density at radius 3 is 2.89 bits per heavy atom. The van der Waals surface area contributed by atoms with E-state index in [1.165, 1.54) is 4.57 Å². The molecule has 0 radical (unpaired) electrons. The van der Waals surface area contributed by atoms with Crippen molar-refractivity contribution in [3.05, 3.63) is 52.3 Å². The lowest BCUT2D eigenvalue weighted by atomic mass is 10.0. The summed E-state index contributed by atoms with van der Waals surface area (Å²) < 4.78 is 1.41. The molecule has 1 amide bonds. The minimum atomic E-state index is -0.193. The maximum atomic E-state index is 12.8. The van der Waals surface area contributed by atoms with Crippen molar-refractivity contribution in [1.29, 1.82) is 5.26 Å². The van der Waals surface area contributed by atoms with Gasteiger partial charge in [-0.25, -0.2) is 9.97 Å². The molecule has 142 valence electrons. The third kappa shape index (κ3) is 3.20. The summed E-state index contributed by atoms with van der Waals surface area (Å²) in [6, 6.07) is 5.36. The van der Waals surface area contributed by atoms with Gasteiger partial charge in [-0.15, -0.1) is 0 Å². The van der Waals surface area contributed by atoms with Gasteiger partial charge in [-0.2, -0.15) is 5.26 Å². The van der Waals surface area contributed by atoms with Crippen LogP contribution in [0.4, 0.5) is 5.95 Å². The van der Waals surface area contributed by atoms with E-state index in [-0.39, 0.29) is 17.5 Å². The third-order valence-electron chi connectivity index (χ3n) is 5.01. The first-order valence-corrected chi connectivity index (χ1v) is 9.02. The Balaban J connectivity index is 1.45. The Hall–Kier alpha value is -3.67. The van der Waals surface area contributed by atoms with Crippen molar-refractivity contribution in [1.82, 2.24) is 24.8 Å². The van der Waals surface area contributed by atoms with Crippen LogP contribution >= 0.6 is 0 Å². The van der Waals surface area contributed by atoms with Crippen LogP contribution in [0.2, 0.25) is 0 Å². The summed E-state index contributed by atoms with van der Waals surface area (Å²) in [7, 11) is 1.63. The summed E-state index contributed by atoms with van der Waals surface area (Å²) >= 11 is 0. The van der Waals surface area contributed by atoms with Crippen molar-refractivity contribution in [2.75, 3.05) is 18.0 Å². The van der Waals surface area contributed by atoms with Gasteiger partial charge in [0.05, 0.1) is 5.56 Å². The van der Waals surface area contributed by atoms with Gasteiger partial charge in [0.1, 0.15) is 17.3 Å². The van der Waals surface area contributed by atoms with Crippen molar-refractivity contribution in [3.8, 4) is 6.07 Å². The van der Waals surface area contributed by atoms with Crippen LogP contribution in [-0.2, 0) is 7.05 Å². The molecule has 0 spiro atoms. The maximum absolute atomic E-state index is 12.8. The van der Waals surface area contributed by atoms with Crippen LogP contribution < -0.4 is 15.8 Å². The van der Waals surface area contributed by atoms with Crippen LogP contribution in [0.25, 0.3) is 10.9 Å². The van der Waals surface area contributed by atoms with E-state index in [0.29, 0.717) is 41.2 Å². The number of nitrogens with zero attached hydrogens (tertiary/aromatic N) is 5. The fourth-order valence-corrected chi connectivity index (χ4v) is 3.50. The minimum absolute atomic E-state index is 0.0223. The quantitative estimate of drug-likeness (QED) is 0.701. The number of anilines is 1. The summed E-state index contributed by atoms with van der Waals surface area (Å²) in [6.07, 6.45) is 6.30. The van der Waals surface area contributed by atoms with Crippen LogP contribution in [0.3, 0.4) is 0 Å². The molecule has 3 aromatic heterocycles. The van der Waals surface area contributed by atoms with E-state index in [1.807, 2.05) is 11.0 Å². The zero-order chi connectivity index (χ0) is 19.7. The summed E-state index contributed by atoms with van der Waals surface area (Å²) in [6.45, 7) is 1.37. The van der Waals surface area contributed by atoms with Gasteiger partial charge in [0.15, 0.2) is 0 Å². The van der Waals surface area contributed by atoms with Gasteiger partial charge in [0, 0.05) is 50.2 Å². The Bertz CT molecular complexity index is 1130. The summed E-state index contributed by atoms with van der Waals surface area (Å²) in [5.41, 5.74) is 1.08. The van der Waals surface area contributed by atoms with Crippen molar-refractivity contribution in [2.45, 2.75) is 18.9 Å². The molecule has 1 aliphatic heterocycles. The second kappa shape index (κ2) is 7.15. The molecule has 28 heavy (non-hydrogen) atoms. The number of aryl methyl sites for hydroxylation is 1. The van der Waals surface area contributed by atoms with E-state index >= 15 is 0 Å². The molecule has 1 aliphatic rings. The number of piperidine rings is 1. The number of nitriles is 1. The lowest BCUT2D eigenvalue weighted by Crippen LogP contribution is -2.45. The topological polar surface area (TPSA) is 120 Å². The van der Waals surface area contributed by atoms with Gasteiger partial charge < -0.3 is 19.8 Å². The molecule has 0 atom stereocenters. The maximum Gasteiger partial charge on any atom is 0.274 e. The van der Waals surface area contributed by atoms with E-state index in [4.69, 9.17) is 5.26 Å². The van der Waals surface area contributed by atoms with E-state index < -0.39 is 0 Å². The second-order valence-electron chi connectivity index (χ2n) is 6.81. The van der Waals surface area contributed by atoms with Crippen LogP contribution in [-0.4, -0.2) is 44.6 Å². The monoisotopic (exact) mass is 377 g/mol. The van der Waals surface area contributed by atoms with Gasteiger partial charge in [-0.3, -0.25) is 9.59 Å². The van der Waals surface area contributed by atoms with E-state index in [9.17, 15) is 9.59 Å². The lowest BCUT2D eigenvalue weighted by molar-refractivity contribution is 0.0932. The molecular formula is C19H19N7O2. The van der Waals surface area contributed by atoms with Crippen LogP contribution in [0.15, 0.2) is 35.5 Å². The molecule has 0 unspecified atom stereocenters. The predicted octanol–water partition coefficient (Wildman–Crippen LogP) is 0.927. The largest absolute Gasteiger partial charge is 0.357 e. The molecule has 9 nitrogen and oxygen atoms in total. The molecule has 3 aromatic rings. The molecule has 9 heteroatoms. The first-order valence-electron chi connectivity index (χ1n) is 9.02. The SMILES string of the molecule is Cn1cc(C(=O)NC2CCN(c3nccc(C#N)n3)CC2)c2cc[nH]c2c1=O. The van der Waals surface area contributed by atoms with Crippen molar-refractivity contribution >= 4 is 22.8 Å². The molecule has 2 N–H and O–H groups in total. The highest BCUT2D eigenvalue weighted by molar-refractivity contribution is 6.06. The molecule has 0 saturated carbocycles. The smallest absolute Gasteiger partial charge is 0.274 e. The Morgan fingerprint density at radius 1 is 1.36 bits per heavy atom. The van der Waals surface area contributed by atoms with Crippen LogP contribution in [0.1, 0.15) is 28.9 Å². The predicted molar refractivity (Wildman–Crippen MR) is 103 cm³/mol. The molecule has 0 bridgehead atoms. The van der Waals surface area contributed by atoms with Crippen molar-refractivity contribution in [2.24, 2.45) is 7.05 Å². The van der Waals surface area contributed by atoms with E-state index in [1.54, 1.807) is 37.8 Å². The summed E-state index contributed by atoms with van der Waals surface area (Å²) in [4.78, 5) is 38.3. The number of hydrogen-bond acceptors (Lipinski definition) is 6. The molecule has 4 rings (SSSR count). The number of carbonyl (C=O) groups excluding carboxylic acids is 1. The van der Waals surface area contributed by atoms with Crippen LogP contribution in [0.5, 0.6) is 0 Å². The standard InChI is InChI=1S/C19H19N7O2/c1-25-11-15(14-3-7-21-16(14)18(25)28)17(27)23-12-4-8-26(9-5-12)19-22-6-2-13(10-20)24-19/h2-3,6-7,11-12,21H,4-5,8-9H2,1H3,(H,23,27). The van der Waals surface area contributed by atoms with Gasteiger partial charge >= 0.3 is 0 Å². The molecule has 4 heterocycles. The summed E-state index contributed by atoms with van der Waals surface area (Å²) in [5, 5.41) is 12.7. The van der Waals surface area contributed by atoms with Gasteiger partial charge in [0.2, 0.25) is 5.95 Å². The number of amides is 1. The highest BCUT2D eigenvalue weighted by Gasteiger charge is 2.24. The molecule has 0 aliphatic carbocycles. The average molecular weight is 377 g/mol. The van der Waals surface area contributed by atoms with Gasteiger partial charge in [-0.05, 0) is 25.0 Å². The van der Waals surface area contributed by atoms with E-state index in [0.717, 1.165) is 12.8 Å². The van der Waals surface area contributed by atoms with E-state index in [2.05, 4.69) is 20.3 Å². The average Bonchev–Trinajstić information content (AvgIpc) is 3.21. The number of H-pyrrole nitrogens is 1. The first kappa shape index (κ1) is 17.7. The molecule has 1 fully saturated rings. The lowest BCUT2D eigenvalue weighted by Gasteiger charge is -2.32. The number of aromatic amines is 1. The van der Waals surface area contributed by atoms with Crippen LogP contribution in [0, 0.1) is 11.3 Å². The number of fused-ring (bicyclic) bond motifs is 1. The molecular weight excluding hydrogens is 358 g/mol. The number of aromatic nitrogens is 4. The minimum Gasteiger partial charge on any atom is -0.357 e. The molecule has 1 saturated heterocycles. The number of hydrogen-bond donors (Lipinski definition) is 2. The zero-order valence-electron chi connectivity index (χ0n) is 15.3. The Labute approximate surface area is 160 Å². The fourth-order valence-electron chi connectivity index (χ4n) is 3.50. The normalized spacial score (nSPS) is 14.8. The first-order chi connectivity index (χ1) is 13.6. The number of rotatable bonds is 3. The highest BCUT2D eigenvalue weighted by Crippen LogP contribution is 2.18. The van der Waals surface area contributed by atoms with Crippen molar-refractivity contribution < 1.29 is 4.79 Å². The number of carbonyl (C=O) groups is 1. The van der Waals surface area contributed by atoms with Gasteiger partial charge in [-0.1, -0.05) is 0 Å². The molecule has 0 aromatic carbocycles. The fraction of sp³-hybridized carbons (Fsp3) is 0.316. The third-order valence-corrected chi connectivity index (χ3v) is 5.01. The number of pyridine rings is 1. The summed E-state index contributed by atoms with van der Waals surface area (Å²) in [5.74, 6) is 0.345. The highest BCUT2D eigenvalue weighted by atomic mass is 16.2. The van der Waals surface area contributed by atoms with Gasteiger partial charge in [0.25, 0.3) is 11.5 Å². The number of nitrogens with one attached hydrogen (secondary N) is 2. The van der Waals surface area contributed by atoms with Crippen molar-refractivity contribution in [3.63, 3.8) is 0 Å². The Kier molecular flexibility index (Phi) is 4.53. The Morgan fingerprint density at radius 2 is 2.14 bits per heavy atom. The second-order valence-corrected chi connectivity index (χ2v) is 6.81.